The molecule has 1 atom stereocenters. The molecule has 0 aliphatic carbocycles. The summed E-state index contributed by atoms with van der Waals surface area (Å²) in [5, 5.41) is 2.87. The Morgan fingerprint density at radius 1 is 1.00 bits per heavy atom. The first-order valence-corrected chi connectivity index (χ1v) is 9.20. The molecule has 0 spiro atoms. The van der Waals surface area contributed by atoms with Crippen LogP contribution in [-0.2, 0) is 16.1 Å². The molecule has 2 amide bonds. The number of hydrogen-bond acceptors (Lipinski definition) is 3. The van der Waals surface area contributed by atoms with Gasteiger partial charge in [0.15, 0.2) is 6.61 Å². The SMILES string of the molecule is Cc1ccc(OCC(=O)N(Cc2ccccc2)[C@H](C)C(=O)NC(C)C)cc1. The fraction of sp³-hybridized carbons (Fsp3) is 0.364. The number of carbonyl (C=O) groups is 2. The largest absolute Gasteiger partial charge is 0.484 e. The van der Waals surface area contributed by atoms with Gasteiger partial charge >= 0.3 is 0 Å². The average Bonchev–Trinajstić information content (AvgIpc) is 2.65. The van der Waals surface area contributed by atoms with Gasteiger partial charge in [0.1, 0.15) is 11.8 Å². The van der Waals surface area contributed by atoms with Gasteiger partial charge in [-0.3, -0.25) is 9.59 Å². The third-order valence-electron chi connectivity index (χ3n) is 4.18. The number of rotatable bonds is 8. The molecule has 2 rings (SSSR count). The molecule has 0 fully saturated rings. The first kappa shape index (κ1) is 20.5. The Balaban J connectivity index is 2.10. The summed E-state index contributed by atoms with van der Waals surface area (Å²) in [6, 6.07) is 16.6. The Labute approximate surface area is 161 Å². The van der Waals surface area contributed by atoms with Crippen molar-refractivity contribution in [3.63, 3.8) is 0 Å². The van der Waals surface area contributed by atoms with Gasteiger partial charge in [-0.15, -0.1) is 0 Å². The van der Waals surface area contributed by atoms with Gasteiger partial charge in [0.25, 0.3) is 5.91 Å². The quantitative estimate of drug-likeness (QED) is 0.778. The normalized spacial score (nSPS) is 11.7. The van der Waals surface area contributed by atoms with Crippen molar-refractivity contribution in [2.45, 2.75) is 46.3 Å². The number of ether oxygens (including phenoxy) is 1. The van der Waals surface area contributed by atoms with E-state index in [0.717, 1.165) is 11.1 Å². The fourth-order valence-electron chi connectivity index (χ4n) is 2.63. The highest BCUT2D eigenvalue weighted by atomic mass is 16.5. The molecule has 5 heteroatoms. The lowest BCUT2D eigenvalue weighted by Gasteiger charge is -2.29. The van der Waals surface area contributed by atoms with Crippen molar-refractivity contribution in [3.8, 4) is 5.75 Å². The zero-order valence-electron chi connectivity index (χ0n) is 16.4. The van der Waals surface area contributed by atoms with Crippen LogP contribution in [0.3, 0.4) is 0 Å². The van der Waals surface area contributed by atoms with Gasteiger partial charge in [0, 0.05) is 12.6 Å². The third kappa shape index (κ3) is 6.44. The van der Waals surface area contributed by atoms with E-state index in [0.29, 0.717) is 12.3 Å². The Kier molecular flexibility index (Phi) is 7.41. The van der Waals surface area contributed by atoms with E-state index in [1.54, 1.807) is 11.8 Å². The van der Waals surface area contributed by atoms with Crippen LogP contribution in [0.15, 0.2) is 54.6 Å². The zero-order valence-corrected chi connectivity index (χ0v) is 16.4. The highest BCUT2D eigenvalue weighted by molar-refractivity contribution is 5.88. The minimum atomic E-state index is -0.596. The Hall–Kier alpha value is -2.82. The molecule has 0 radical (unpaired) electrons. The molecule has 0 aliphatic heterocycles. The monoisotopic (exact) mass is 368 g/mol. The summed E-state index contributed by atoms with van der Waals surface area (Å²) < 4.78 is 5.63. The van der Waals surface area contributed by atoms with Crippen molar-refractivity contribution in [1.82, 2.24) is 10.2 Å². The maximum Gasteiger partial charge on any atom is 0.261 e. The number of aryl methyl sites for hydroxylation is 1. The molecular weight excluding hydrogens is 340 g/mol. The van der Waals surface area contributed by atoms with Crippen LogP contribution in [0.5, 0.6) is 5.75 Å². The summed E-state index contributed by atoms with van der Waals surface area (Å²) in [6.07, 6.45) is 0. The molecule has 2 aromatic carbocycles. The van der Waals surface area contributed by atoms with Crippen LogP contribution in [0, 0.1) is 6.92 Å². The van der Waals surface area contributed by atoms with Gasteiger partial charge in [-0.1, -0.05) is 48.0 Å². The van der Waals surface area contributed by atoms with Crippen LogP contribution in [0.25, 0.3) is 0 Å². The number of benzene rings is 2. The number of amides is 2. The van der Waals surface area contributed by atoms with E-state index in [2.05, 4.69) is 5.32 Å². The summed E-state index contributed by atoms with van der Waals surface area (Å²) in [6.45, 7) is 7.76. The summed E-state index contributed by atoms with van der Waals surface area (Å²) in [5.41, 5.74) is 2.09. The van der Waals surface area contributed by atoms with Crippen LogP contribution in [0.1, 0.15) is 31.9 Å². The van der Waals surface area contributed by atoms with Crippen molar-refractivity contribution in [2.24, 2.45) is 0 Å². The topological polar surface area (TPSA) is 58.6 Å². The predicted molar refractivity (Wildman–Crippen MR) is 106 cm³/mol. The first-order chi connectivity index (χ1) is 12.9. The molecule has 5 nitrogen and oxygen atoms in total. The van der Waals surface area contributed by atoms with Crippen LogP contribution >= 0.6 is 0 Å². The lowest BCUT2D eigenvalue weighted by molar-refractivity contribution is -0.142. The second-order valence-corrected chi connectivity index (χ2v) is 6.95. The average molecular weight is 368 g/mol. The molecule has 27 heavy (non-hydrogen) atoms. The van der Waals surface area contributed by atoms with Crippen LogP contribution in [0.4, 0.5) is 0 Å². The smallest absolute Gasteiger partial charge is 0.261 e. The zero-order chi connectivity index (χ0) is 19.8. The predicted octanol–water partition coefficient (Wildman–Crippen LogP) is 3.32. The standard InChI is InChI=1S/C22H28N2O3/c1-16(2)23-22(26)18(4)24(14-19-8-6-5-7-9-19)21(25)15-27-20-12-10-17(3)11-13-20/h5-13,16,18H,14-15H2,1-4H3,(H,23,26)/t18-/m1/s1. The lowest BCUT2D eigenvalue weighted by atomic mass is 10.1. The summed E-state index contributed by atoms with van der Waals surface area (Å²) in [5.74, 6) is 0.225. The molecule has 0 aromatic heterocycles. The molecule has 0 unspecified atom stereocenters. The van der Waals surface area contributed by atoms with E-state index in [4.69, 9.17) is 4.74 Å². The number of hydrogen-bond donors (Lipinski definition) is 1. The number of nitrogens with one attached hydrogen (secondary N) is 1. The molecule has 0 aliphatic rings. The van der Waals surface area contributed by atoms with E-state index in [9.17, 15) is 9.59 Å². The van der Waals surface area contributed by atoms with Crippen molar-refractivity contribution >= 4 is 11.8 Å². The van der Waals surface area contributed by atoms with Gasteiger partial charge in [-0.25, -0.2) is 0 Å². The van der Waals surface area contributed by atoms with Gasteiger partial charge in [0.2, 0.25) is 5.91 Å². The number of nitrogens with zero attached hydrogens (tertiary/aromatic N) is 1. The van der Waals surface area contributed by atoms with E-state index < -0.39 is 6.04 Å². The lowest BCUT2D eigenvalue weighted by Crippen LogP contribution is -2.50. The Morgan fingerprint density at radius 3 is 2.22 bits per heavy atom. The summed E-state index contributed by atoms with van der Waals surface area (Å²) >= 11 is 0. The maximum absolute atomic E-state index is 12.8. The van der Waals surface area contributed by atoms with Crippen molar-refractivity contribution in [3.05, 3.63) is 65.7 Å². The van der Waals surface area contributed by atoms with Crippen LogP contribution < -0.4 is 10.1 Å². The maximum atomic E-state index is 12.8. The van der Waals surface area contributed by atoms with Gasteiger partial charge in [0.05, 0.1) is 0 Å². The summed E-state index contributed by atoms with van der Waals surface area (Å²) in [7, 11) is 0. The first-order valence-electron chi connectivity index (χ1n) is 9.20. The third-order valence-corrected chi connectivity index (χ3v) is 4.18. The summed E-state index contributed by atoms with van der Waals surface area (Å²) in [4.78, 5) is 26.9. The minimum absolute atomic E-state index is 0.0115. The van der Waals surface area contributed by atoms with Gasteiger partial charge in [-0.2, -0.15) is 0 Å². The van der Waals surface area contributed by atoms with Gasteiger partial charge < -0.3 is 15.0 Å². The van der Waals surface area contributed by atoms with E-state index >= 15 is 0 Å². The molecule has 0 saturated carbocycles. The second-order valence-electron chi connectivity index (χ2n) is 6.95. The molecule has 0 bridgehead atoms. The second kappa shape index (κ2) is 9.76. The van der Waals surface area contributed by atoms with E-state index in [1.807, 2.05) is 75.4 Å². The molecule has 1 N–H and O–H groups in total. The minimum Gasteiger partial charge on any atom is -0.484 e. The Bertz CT molecular complexity index is 742. The highest BCUT2D eigenvalue weighted by Gasteiger charge is 2.26. The van der Waals surface area contributed by atoms with Crippen LogP contribution in [0.2, 0.25) is 0 Å². The van der Waals surface area contributed by atoms with Gasteiger partial charge in [-0.05, 0) is 45.4 Å². The molecule has 2 aromatic rings. The van der Waals surface area contributed by atoms with Crippen molar-refractivity contribution in [1.29, 1.82) is 0 Å². The highest BCUT2D eigenvalue weighted by Crippen LogP contribution is 2.14. The van der Waals surface area contributed by atoms with E-state index in [1.165, 1.54) is 0 Å². The molecule has 0 saturated heterocycles. The molecule has 0 heterocycles. The fourth-order valence-corrected chi connectivity index (χ4v) is 2.63. The van der Waals surface area contributed by atoms with Crippen molar-refractivity contribution < 1.29 is 14.3 Å². The Morgan fingerprint density at radius 2 is 1.63 bits per heavy atom. The number of carbonyl (C=O) groups excluding carboxylic acids is 2. The molecular formula is C22H28N2O3. The molecule has 144 valence electrons. The van der Waals surface area contributed by atoms with E-state index in [-0.39, 0.29) is 24.5 Å². The van der Waals surface area contributed by atoms with Crippen LogP contribution in [-0.4, -0.2) is 35.4 Å². The van der Waals surface area contributed by atoms with Crippen molar-refractivity contribution in [2.75, 3.05) is 6.61 Å².